The molecule has 2 unspecified atom stereocenters. The van der Waals surface area contributed by atoms with Crippen molar-refractivity contribution in [1.82, 2.24) is 0 Å². The summed E-state index contributed by atoms with van der Waals surface area (Å²) in [7, 11) is 0. The van der Waals surface area contributed by atoms with Crippen LogP contribution < -0.4 is 4.90 Å². The van der Waals surface area contributed by atoms with Gasteiger partial charge in [0.1, 0.15) is 0 Å². The first-order valence-corrected chi connectivity index (χ1v) is 5.76. The van der Waals surface area contributed by atoms with E-state index < -0.39 is 0 Å². The van der Waals surface area contributed by atoms with E-state index in [1.807, 2.05) is 24.3 Å². The minimum atomic E-state index is 0.411. The van der Waals surface area contributed by atoms with Gasteiger partial charge in [0.05, 0.1) is 23.8 Å². The molecule has 1 aromatic rings. The van der Waals surface area contributed by atoms with Gasteiger partial charge in [-0.3, -0.25) is 0 Å². The maximum atomic E-state index is 8.75. The number of morpholine rings is 1. The zero-order valence-corrected chi connectivity index (χ0v) is 9.10. The number of ether oxygens (including phenoxy) is 1. The van der Waals surface area contributed by atoms with Gasteiger partial charge in [-0.05, 0) is 37.1 Å². The fourth-order valence-electron chi connectivity index (χ4n) is 2.57. The number of hydrogen-bond acceptors (Lipinski definition) is 3. The molecular formula is C13H14N2O. The quantitative estimate of drug-likeness (QED) is 0.716. The predicted octanol–water partition coefficient (Wildman–Crippen LogP) is 1.93. The lowest BCUT2D eigenvalue weighted by molar-refractivity contribution is 0.0305. The monoisotopic (exact) mass is 214 g/mol. The summed E-state index contributed by atoms with van der Waals surface area (Å²) in [6.45, 7) is 1.98. The van der Waals surface area contributed by atoms with Gasteiger partial charge in [0.2, 0.25) is 0 Å². The highest BCUT2D eigenvalue weighted by Gasteiger charge is 2.33. The third kappa shape index (κ3) is 1.66. The molecule has 0 spiro atoms. The Balaban J connectivity index is 1.79. The molecule has 0 N–H and O–H groups in total. The minimum Gasteiger partial charge on any atom is -0.371 e. The van der Waals surface area contributed by atoms with Gasteiger partial charge in [0.15, 0.2) is 0 Å². The summed E-state index contributed by atoms with van der Waals surface area (Å²) in [5, 5.41) is 8.75. The molecule has 2 bridgehead atoms. The van der Waals surface area contributed by atoms with E-state index >= 15 is 0 Å². The molecule has 16 heavy (non-hydrogen) atoms. The van der Waals surface area contributed by atoms with Crippen LogP contribution in [0.4, 0.5) is 5.69 Å². The molecule has 2 aliphatic rings. The van der Waals surface area contributed by atoms with E-state index in [1.165, 1.54) is 18.5 Å². The highest BCUT2D eigenvalue weighted by atomic mass is 16.5. The van der Waals surface area contributed by atoms with Crippen LogP contribution in [0.5, 0.6) is 0 Å². The van der Waals surface area contributed by atoms with Crippen molar-refractivity contribution in [2.24, 2.45) is 0 Å². The second-order valence-electron chi connectivity index (χ2n) is 4.52. The van der Waals surface area contributed by atoms with Crippen molar-refractivity contribution >= 4 is 5.69 Å². The molecule has 3 rings (SSSR count). The summed E-state index contributed by atoms with van der Waals surface area (Å²) in [4.78, 5) is 2.37. The van der Waals surface area contributed by atoms with E-state index in [-0.39, 0.29) is 0 Å². The first-order chi connectivity index (χ1) is 7.85. The second-order valence-corrected chi connectivity index (χ2v) is 4.52. The Morgan fingerprint density at radius 2 is 1.75 bits per heavy atom. The molecule has 2 atom stereocenters. The molecule has 3 nitrogen and oxygen atoms in total. The molecule has 3 heteroatoms. The molecule has 2 saturated heterocycles. The van der Waals surface area contributed by atoms with Crippen LogP contribution in [0.3, 0.4) is 0 Å². The average Bonchev–Trinajstić information content (AvgIpc) is 2.68. The zero-order chi connectivity index (χ0) is 11.0. The predicted molar refractivity (Wildman–Crippen MR) is 61.3 cm³/mol. The van der Waals surface area contributed by atoms with E-state index in [2.05, 4.69) is 11.0 Å². The number of nitriles is 1. The molecule has 1 aromatic carbocycles. The van der Waals surface area contributed by atoms with Crippen LogP contribution in [0.2, 0.25) is 0 Å². The largest absolute Gasteiger partial charge is 0.371 e. The molecule has 2 aliphatic heterocycles. The fourth-order valence-corrected chi connectivity index (χ4v) is 2.57. The van der Waals surface area contributed by atoms with Crippen molar-refractivity contribution < 1.29 is 4.74 Å². The van der Waals surface area contributed by atoms with Gasteiger partial charge in [0.25, 0.3) is 0 Å². The van der Waals surface area contributed by atoms with Crippen molar-refractivity contribution in [2.45, 2.75) is 25.0 Å². The third-order valence-corrected chi connectivity index (χ3v) is 3.41. The minimum absolute atomic E-state index is 0.411. The number of nitrogens with zero attached hydrogens (tertiary/aromatic N) is 2. The zero-order valence-electron chi connectivity index (χ0n) is 9.10. The Morgan fingerprint density at radius 3 is 2.31 bits per heavy atom. The lowest BCUT2D eigenvalue weighted by Crippen LogP contribution is -2.42. The first kappa shape index (κ1) is 9.68. The van der Waals surface area contributed by atoms with Gasteiger partial charge in [-0.1, -0.05) is 0 Å². The van der Waals surface area contributed by atoms with Crippen LogP contribution in [0, 0.1) is 11.3 Å². The third-order valence-electron chi connectivity index (χ3n) is 3.41. The average molecular weight is 214 g/mol. The number of anilines is 1. The molecule has 0 amide bonds. The van der Waals surface area contributed by atoms with E-state index in [1.54, 1.807) is 0 Å². The van der Waals surface area contributed by atoms with Crippen molar-refractivity contribution in [2.75, 3.05) is 18.0 Å². The summed E-state index contributed by atoms with van der Waals surface area (Å²) in [5.74, 6) is 0. The van der Waals surface area contributed by atoms with Crippen LogP contribution in [-0.4, -0.2) is 25.3 Å². The smallest absolute Gasteiger partial charge is 0.0991 e. The molecule has 2 heterocycles. The normalized spacial score (nSPS) is 27.8. The summed E-state index contributed by atoms with van der Waals surface area (Å²) in [6.07, 6.45) is 3.21. The summed E-state index contributed by atoms with van der Waals surface area (Å²) >= 11 is 0. The molecule has 0 radical (unpaired) electrons. The molecule has 0 saturated carbocycles. The van der Waals surface area contributed by atoms with E-state index in [9.17, 15) is 0 Å². The van der Waals surface area contributed by atoms with Gasteiger partial charge < -0.3 is 9.64 Å². The van der Waals surface area contributed by atoms with E-state index in [0.717, 1.165) is 18.7 Å². The Bertz CT molecular complexity index is 409. The molecule has 2 fully saturated rings. The Kier molecular flexibility index (Phi) is 2.30. The van der Waals surface area contributed by atoms with Crippen LogP contribution >= 0.6 is 0 Å². The topological polar surface area (TPSA) is 36.3 Å². The first-order valence-electron chi connectivity index (χ1n) is 5.76. The lowest BCUT2D eigenvalue weighted by atomic mass is 10.2. The standard InChI is InChI=1S/C13H14N2O/c14-7-10-1-3-11(4-2-10)15-8-12-5-6-13(9-15)16-12/h1-4,12-13H,5-6,8-9H2. The van der Waals surface area contributed by atoms with E-state index in [4.69, 9.17) is 10.00 Å². The van der Waals surface area contributed by atoms with Crippen LogP contribution in [-0.2, 0) is 4.74 Å². The van der Waals surface area contributed by atoms with Crippen molar-refractivity contribution in [3.05, 3.63) is 29.8 Å². The summed E-state index contributed by atoms with van der Waals surface area (Å²) < 4.78 is 5.80. The van der Waals surface area contributed by atoms with Gasteiger partial charge >= 0.3 is 0 Å². The Morgan fingerprint density at radius 1 is 1.12 bits per heavy atom. The number of fused-ring (bicyclic) bond motifs is 2. The molecule has 82 valence electrons. The second kappa shape index (κ2) is 3.80. The highest BCUT2D eigenvalue weighted by Crippen LogP contribution is 2.29. The summed E-state index contributed by atoms with van der Waals surface area (Å²) in [5.41, 5.74) is 1.93. The molecule has 0 aliphatic carbocycles. The van der Waals surface area contributed by atoms with Crippen molar-refractivity contribution in [3.63, 3.8) is 0 Å². The van der Waals surface area contributed by atoms with Crippen molar-refractivity contribution in [3.8, 4) is 6.07 Å². The molecule has 0 aromatic heterocycles. The Hall–Kier alpha value is -1.53. The van der Waals surface area contributed by atoms with Gasteiger partial charge in [0, 0.05) is 18.8 Å². The highest BCUT2D eigenvalue weighted by molar-refractivity contribution is 5.50. The number of rotatable bonds is 1. The fraction of sp³-hybridized carbons (Fsp3) is 0.462. The van der Waals surface area contributed by atoms with Crippen LogP contribution in [0.1, 0.15) is 18.4 Å². The Labute approximate surface area is 95.2 Å². The van der Waals surface area contributed by atoms with Gasteiger partial charge in [-0.25, -0.2) is 0 Å². The van der Waals surface area contributed by atoms with Gasteiger partial charge in [-0.2, -0.15) is 5.26 Å². The van der Waals surface area contributed by atoms with Crippen molar-refractivity contribution in [1.29, 1.82) is 5.26 Å². The number of hydrogen-bond donors (Lipinski definition) is 0. The van der Waals surface area contributed by atoms with Gasteiger partial charge in [-0.15, -0.1) is 0 Å². The summed E-state index contributed by atoms with van der Waals surface area (Å²) in [6, 6.07) is 9.97. The van der Waals surface area contributed by atoms with Crippen LogP contribution in [0.25, 0.3) is 0 Å². The SMILES string of the molecule is N#Cc1ccc(N2CC3CCC(C2)O3)cc1. The maximum Gasteiger partial charge on any atom is 0.0991 e. The number of benzene rings is 1. The van der Waals surface area contributed by atoms with E-state index in [0.29, 0.717) is 12.2 Å². The lowest BCUT2D eigenvalue weighted by Gasteiger charge is -2.33. The molecular weight excluding hydrogens is 200 g/mol. The maximum absolute atomic E-state index is 8.75. The van der Waals surface area contributed by atoms with Crippen LogP contribution in [0.15, 0.2) is 24.3 Å².